The molecule has 0 saturated heterocycles. The molecule has 0 aromatic carbocycles. The minimum absolute atomic E-state index is 0.0265. The number of esters is 1. The summed E-state index contributed by atoms with van der Waals surface area (Å²) < 4.78 is 13.0. The third kappa shape index (κ3) is 13.0. The van der Waals surface area contributed by atoms with Gasteiger partial charge in [0.25, 0.3) is 0 Å². The summed E-state index contributed by atoms with van der Waals surface area (Å²) >= 11 is -2.10. The van der Waals surface area contributed by atoms with E-state index in [9.17, 15) is 4.79 Å². The van der Waals surface area contributed by atoms with Crippen molar-refractivity contribution in [2.24, 2.45) is 5.41 Å². The van der Waals surface area contributed by atoms with Crippen LogP contribution < -0.4 is 0 Å². The van der Waals surface area contributed by atoms with Gasteiger partial charge in [-0.25, -0.2) is 0 Å². The summed E-state index contributed by atoms with van der Waals surface area (Å²) in [6.07, 6.45) is 14.0. The van der Waals surface area contributed by atoms with Crippen molar-refractivity contribution in [1.82, 2.24) is 0 Å². The molecule has 0 saturated carbocycles. The maximum absolute atomic E-state index is 12.0. The van der Waals surface area contributed by atoms with Crippen molar-refractivity contribution in [3.8, 4) is 0 Å². The molecule has 0 aliphatic heterocycles. The Balaban J connectivity index is 4.59. The van der Waals surface area contributed by atoms with Gasteiger partial charge in [0.1, 0.15) is 0 Å². The molecule has 0 fully saturated rings. The molecule has 0 rings (SSSR count). The third-order valence-corrected chi connectivity index (χ3v) is 19.7. The van der Waals surface area contributed by atoms with Gasteiger partial charge in [-0.05, 0) is 0 Å². The van der Waals surface area contributed by atoms with Gasteiger partial charge in [-0.2, -0.15) is 0 Å². The van der Waals surface area contributed by atoms with Crippen LogP contribution >= 0.6 is 0 Å². The van der Waals surface area contributed by atoms with E-state index in [0.29, 0.717) is 0 Å². The number of hydrogen-bond acceptors (Lipinski definition) is 2. The Kier molecular flexibility index (Phi) is 14.9. The number of ether oxygens (including phenoxy) is 1. The van der Waals surface area contributed by atoms with E-state index in [0.717, 1.165) is 19.3 Å². The second-order valence-corrected chi connectivity index (χ2v) is 22.5. The average molecular weight is 487 g/mol. The fourth-order valence-electron chi connectivity index (χ4n) is 3.49. The SMILES string of the molecule is CCC[CH2][Sn](/[CH]=C/CCC[C@H](C)OC(=O)C(C)(C)C)([CH2]CCC)[CH2]CCC. The van der Waals surface area contributed by atoms with Crippen LogP contribution in [-0.4, -0.2) is 30.5 Å². The molecule has 0 aromatic heterocycles. The molecule has 0 unspecified atom stereocenters. The van der Waals surface area contributed by atoms with Crippen LogP contribution in [0.2, 0.25) is 13.3 Å². The second kappa shape index (κ2) is 14.9. The Bertz CT molecular complexity index is 387. The van der Waals surface area contributed by atoms with Crippen molar-refractivity contribution in [1.29, 1.82) is 0 Å². The predicted octanol–water partition coefficient (Wildman–Crippen LogP) is 8.08. The molecule has 27 heavy (non-hydrogen) atoms. The van der Waals surface area contributed by atoms with Crippen LogP contribution in [0.1, 0.15) is 106 Å². The van der Waals surface area contributed by atoms with Crippen molar-refractivity contribution in [2.75, 3.05) is 0 Å². The summed E-state index contributed by atoms with van der Waals surface area (Å²) in [6, 6.07) is 0. The molecule has 0 radical (unpaired) electrons. The summed E-state index contributed by atoms with van der Waals surface area (Å²) in [5, 5.41) is 0. The standard InChI is InChI=1S/C12H21O2.3C4H9.Sn/c1-6-7-8-9-10(2)14-11(13)12(3,4)5;3*1-3-4-2;/h1,6,10H,7-9H2,2-5H3;3*1,3-4H2,2H3;/t10-;;;;/m0..../s1. The Labute approximate surface area is 174 Å². The van der Waals surface area contributed by atoms with E-state index < -0.39 is 23.8 Å². The van der Waals surface area contributed by atoms with Crippen molar-refractivity contribution >= 4 is 24.3 Å². The first-order valence-electron chi connectivity index (χ1n) is 11.6. The minimum atomic E-state index is -2.10. The zero-order valence-electron chi connectivity index (χ0n) is 19.5. The fraction of sp³-hybridized carbons (Fsp3) is 0.875. The molecule has 0 N–H and O–H groups in total. The van der Waals surface area contributed by atoms with E-state index in [2.05, 4.69) is 30.9 Å². The molecule has 0 heterocycles. The molecule has 0 aromatic rings. The van der Waals surface area contributed by atoms with Gasteiger partial charge in [-0.1, -0.05) is 0 Å². The third-order valence-electron chi connectivity index (χ3n) is 5.46. The first kappa shape index (κ1) is 27.0. The number of unbranched alkanes of at least 4 members (excludes halogenated alkanes) is 4. The first-order valence-corrected chi connectivity index (χ1v) is 19.3. The Morgan fingerprint density at radius 3 is 1.81 bits per heavy atom. The molecule has 1 atom stereocenters. The van der Waals surface area contributed by atoms with Crippen LogP contribution in [0.3, 0.4) is 0 Å². The second-order valence-electron chi connectivity index (χ2n) is 9.47. The van der Waals surface area contributed by atoms with Crippen LogP contribution in [0.25, 0.3) is 0 Å². The van der Waals surface area contributed by atoms with E-state index in [1.165, 1.54) is 38.5 Å². The quantitative estimate of drug-likeness (QED) is 0.133. The van der Waals surface area contributed by atoms with Crippen LogP contribution in [0.15, 0.2) is 10.2 Å². The first-order chi connectivity index (χ1) is 12.7. The summed E-state index contributed by atoms with van der Waals surface area (Å²) in [6.45, 7) is 14.8. The van der Waals surface area contributed by atoms with Gasteiger partial charge in [0.2, 0.25) is 0 Å². The monoisotopic (exact) mass is 488 g/mol. The van der Waals surface area contributed by atoms with Crippen molar-refractivity contribution < 1.29 is 9.53 Å². The van der Waals surface area contributed by atoms with Gasteiger partial charge in [-0.15, -0.1) is 0 Å². The fourth-order valence-corrected chi connectivity index (χ4v) is 18.0. The summed E-state index contributed by atoms with van der Waals surface area (Å²) in [7, 11) is 0. The van der Waals surface area contributed by atoms with Gasteiger partial charge >= 0.3 is 175 Å². The molecular weight excluding hydrogens is 439 g/mol. The van der Waals surface area contributed by atoms with Crippen LogP contribution in [0, 0.1) is 5.41 Å². The molecule has 160 valence electrons. The Hall–Kier alpha value is 0.00870. The molecular formula is C24H48O2Sn. The molecule has 3 heteroatoms. The van der Waals surface area contributed by atoms with E-state index in [-0.39, 0.29) is 12.1 Å². The molecule has 0 bridgehead atoms. The van der Waals surface area contributed by atoms with Crippen molar-refractivity contribution in [2.45, 2.75) is 126 Å². The average Bonchev–Trinajstić information content (AvgIpc) is 2.61. The van der Waals surface area contributed by atoms with Gasteiger partial charge in [-0.3, -0.25) is 0 Å². The predicted molar refractivity (Wildman–Crippen MR) is 123 cm³/mol. The molecule has 0 amide bonds. The molecule has 0 spiro atoms. The van der Waals surface area contributed by atoms with E-state index >= 15 is 0 Å². The van der Waals surface area contributed by atoms with E-state index in [1.54, 1.807) is 13.3 Å². The summed E-state index contributed by atoms with van der Waals surface area (Å²) in [4.78, 5) is 12.0. The number of carbonyl (C=O) groups is 1. The van der Waals surface area contributed by atoms with Gasteiger partial charge in [0, 0.05) is 0 Å². The number of carbonyl (C=O) groups excluding carboxylic acids is 1. The summed E-state index contributed by atoms with van der Waals surface area (Å²) in [5.41, 5.74) is -0.403. The van der Waals surface area contributed by atoms with Crippen LogP contribution in [0.4, 0.5) is 0 Å². The van der Waals surface area contributed by atoms with E-state index in [4.69, 9.17) is 4.74 Å². The van der Waals surface area contributed by atoms with Gasteiger partial charge < -0.3 is 0 Å². The Morgan fingerprint density at radius 2 is 1.41 bits per heavy atom. The molecule has 2 nitrogen and oxygen atoms in total. The number of rotatable bonds is 15. The summed E-state index contributed by atoms with van der Waals surface area (Å²) in [5.74, 6) is -0.0838. The van der Waals surface area contributed by atoms with Gasteiger partial charge in [0.15, 0.2) is 0 Å². The van der Waals surface area contributed by atoms with Crippen LogP contribution in [0.5, 0.6) is 0 Å². The topological polar surface area (TPSA) is 26.3 Å². The Morgan fingerprint density at radius 1 is 0.926 bits per heavy atom. The maximum atomic E-state index is 12.0. The van der Waals surface area contributed by atoms with Crippen molar-refractivity contribution in [3.05, 3.63) is 10.2 Å². The molecule has 0 aliphatic carbocycles. The number of hydrogen-bond donors (Lipinski definition) is 0. The zero-order valence-corrected chi connectivity index (χ0v) is 22.4. The normalized spacial score (nSPS) is 13.9. The van der Waals surface area contributed by atoms with Crippen molar-refractivity contribution in [3.63, 3.8) is 0 Å². The molecule has 0 aliphatic rings. The zero-order chi connectivity index (χ0) is 20.8. The van der Waals surface area contributed by atoms with E-state index in [1.807, 2.05) is 27.7 Å². The number of allylic oxidation sites excluding steroid dienone is 1. The van der Waals surface area contributed by atoms with Crippen LogP contribution in [-0.2, 0) is 9.53 Å². The van der Waals surface area contributed by atoms with Gasteiger partial charge in [0.05, 0.1) is 0 Å².